The number of aldehydes is 1. The fourth-order valence-electron chi connectivity index (χ4n) is 2.11. The van der Waals surface area contributed by atoms with Gasteiger partial charge in [-0.2, -0.15) is 5.11 Å². The fourth-order valence-corrected chi connectivity index (χ4v) is 2.11. The maximum Gasteiger partial charge on any atom is 0.153 e. The van der Waals surface area contributed by atoms with E-state index in [-0.39, 0.29) is 11.3 Å². The predicted octanol–water partition coefficient (Wildman–Crippen LogP) is 4.77. The van der Waals surface area contributed by atoms with Gasteiger partial charge in [-0.1, -0.05) is 36.4 Å². The number of aromatic hydroxyl groups is 1. The lowest BCUT2D eigenvalue weighted by atomic mass is 10.1. The number of hydrogen-bond donors (Lipinski definition) is 1. The van der Waals surface area contributed by atoms with Gasteiger partial charge in [0.1, 0.15) is 5.75 Å². The van der Waals surface area contributed by atoms with Gasteiger partial charge in [0.25, 0.3) is 0 Å². The van der Waals surface area contributed by atoms with Crippen molar-refractivity contribution in [1.82, 2.24) is 0 Å². The Balaban J connectivity index is 2.00. The Morgan fingerprint density at radius 3 is 2.57 bits per heavy atom. The Morgan fingerprint density at radius 1 is 0.905 bits per heavy atom. The number of fused-ring (bicyclic) bond motifs is 1. The minimum Gasteiger partial charge on any atom is -0.507 e. The maximum absolute atomic E-state index is 10.8. The van der Waals surface area contributed by atoms with Crippen LogP contribution in [0.1, 0.15) is 10.4 Å². The first-order valence-corrected chi connectivity index (χ1v) is 6.45. The number of benzene rings is 3. The quantitative estimate of drug-likeness (QED) is 0.553. The van der Waals surface area contributed by atoms with Gasteiger partial charge in [0.05, 0.1) is 16.9 Å². The van der Waals surface area contributed by atoms with Crippen molar-refractivity contribution in [3.8, 4) is 5.75 Å². The first-order valence-electron chi connectivity index (χ1n) is 6.45. The zero-order valence-electron chi connectivity index (χ0n) is 11.1. The molecule has 0 aromatic heterocycles. The van der Waals surface area contributed by atoms with Crippen molar-refractivity contribution in [2.45, 2.75) is 0 Å². The standard InChI is InChI=1S/C17H12N2O2/c20-11-13-10-14(8-9-17(13)21)18-19-16-7-3-5-12-4-1-2-6-15(12)16/h1-11,21H. The zero-order valence-corrected chi connectivity index (χ0v) is 11.1. The van der Waals surface area contributed by atoms with Crippen LogP contribution in [0.5, 0.6) is 5.75 Å². The molecule has 21 heavy (non-hydrogen) atoms. The van der Waals surface area contributed by atoms with E-state index in [0.717, 1.165) is 16.5 Å². The van der Waals surface area contributed by atoms with Crippen LogP contribution in [-0.2, 0) is 0 Å². The lowest BCUT2D eigenvalue weighted by Crippen LogP contribution is -1.79. The van der Waals surface area contributed by atoms with Gasteiger partial charge in [0.15, 0.2) is 6.29 Å². The molecule has 3 aromatic carbocycles. The summed E-state index contributed by atoms with van der Waals surface area (Å²) in [6, 6.07) is 18.3. The van der Waals surface area contributed by atoms with Crippen LogP contribution in [0.4, 0.5) is 11.4 Å². The molecule has 0 bridgehead atoms. The van der Waals surface area contributed by atoms with Gasteiger partial charge in [-0.15, -0.1) is 5.11 Å². The smallest absolute Gasteiger partial charge is 0.153 e. The highest BCUT2D eigenvalue weighted by molar-refractivity contribution is 5.92. The third kappa shape index (κ3) is 2.65. The molecule has 102 valence electrons. The van der Waals surface area contributed by atoms with Crippen LogP contribution in [-0.4, -0.2) is 11.4 Å². The van der Waals surface area contributed by atoms with E-state index in [9.17, 15) is 9.90 Å². The van der Waals surface area contributed by atoms with E-state index < -0.39 is 0 Å². The molecule has 0 unspecified atom stereocenters. The highest BCUT2D eigenvalue weighted by atomic mass is 16.3. The second kappa shape index (κ2) is 5.54. The van der Waals surface area contributed by atoms with Crippen LogP contribution in [0, 0.1) is 0 Å². The Hall–Kier alpha value is -3.01. The monoisotopic (exact) mass is 276 g/mol. The molecule has 0 saturated carbocycles. The Labute approximate surface area is 121 Å². The molecule has 0 atom stereocenters. The van der Waals surface area contributed by atoms with Gasteiger partial charge >= 0.3 is 0 Å². The number of carbonyl (C=O) groups excluding carboxylic acids is 1. The summed E-state index contributed by atoms with van der Waals surface area (Å²) in [5, 5.41) is 19.9. The Kier molecular flexibility index (Phi) is 3.43. The molecule has 0 fully saturated rings. The molecule has 0 amide bonds. The molecule has 4 nitrogen and oxygen atoms in total. The van der Waals surface area contributed by atoms with E-state index in [0.29, 0.717) is 12.0 Å². The summed E-state index contributed by atoms with van der Waals surface area (Å²) in [6.07, 6.45) is 0.590. The van der Waals surface area contributed by atoms with Crippen molar-refractivity contribution in [3.63, 3.8) is 0 Å². The minimum atomic E-state index is -0.0610. The number of rotatable bonds is 3. The molecular weight excluding hydrogens is 264 g/mol. The van der Waals surface area contributed by atoms with Gasteiger partial charge < -0.3 is 5.11 Å². The van der Waals surface area contributed by atoms with Crippen LogP contribution >= 0.6 is 0 Å². The van der Waals surface area contributed by atoms with Gasteiger partial charge in [0, 0.05) is 5.39 Å². The van der Waals surface area contributed by atoms with Gasteiger partial charge in [-0.3, -0.25) is 4.79 Å². The van der Waals surface area contributed by atoms with Crippen molar-refractivity contribution >= 4 is 28.4 Å². The zero-order chi connectivity index (χ0) is 14.7. The molecule has 0 aliphatic carbocycles. The highest BCUT2D eigenvalue weighted by Gasteiger charge is 2.02. The number of phenolic OH excluding ortho intramolecular Hbond substituents is 1. The van der Waals surface area contributed by atoms with Crippen molar-refractivity contribution in [2.24, 2.45) is 10.2 Å². The van der Waals surface area contributed by atoms with Crippen molar-refractivity contribution < 1.29 is 9.90 Å². The highest BCUT2D eigenvalue weighted by Crippen LogP contribution is 2.28. The van der Waals surface area contributed by atoms with E-state index in [4.69, 9.17) is 0 Å². The largest absolute Gasteiger partial charge is 0.507 e. The summed E-state index contributed by atoms with van der Waals surface area (Å²) in [5.74, 6) is -0.0610. The van der Waals surface area contributed by atoms with E-state index in [2.05, 4.69) is 10.2 Å². The second-order valence-electron chi connectivity index (χ2n) is 4.56. The lowest BCUT2D eigenvalue weighted by Gasteiger charge is -2.01. The predicted molar refractivity (Wildman–Crippen MR) is 81.6 cm³/mol. The van der Waals surface area contributed by atoms with Crippen molar-refractivity contribution in [1.29, 1.82) is 0 Å². The number of carbonyl (C=O) groups is 1. The minimum absolute atomic E-state index is 0.0610. The summed E-state index contributed by atoms with van der Waals surface area (Å²) in [4.78, 5) is 10.8. The summed E-state index contributed by atoms with van der Waals surface area (Å²) in [5.41, 5.74) is 1.47. The fraction of sp³-hybridized carbons (Fsp3) is 0. The molecule has 0 spiro atoms. The third-order valence-electron chi connectivity index (χ3n) is 3.18. The van der Waals surface area contributed by atoms with Gasteiger partial charge in [-0.05, 0) is 29.7 Å². The Bertz CT molecular complexity index is 836. The molecular formula is C17H12N2O2. The number of hydrogen-bond acceptors (Lipinski definition) is 4. The van der Waals surface area contributed by atoms with E-state index in [1.54, 1.807) is 6.07 Å². The molecule has 3 aromatic rings. The Morgan fingerprint density at radius 2 is 1.71 bits per heavy atom. The van der Waals surface area contributed by atoms with Gasteiger partial charge in [-0.25, -0.2) is 0 Å². The molecule has 1 N–H and O–H groups in total. The summed E-state index contributed by atoms with van der Waals surface area (Å²) < 4.78 is 0. The van der Waals surface area contributed by atoms with Crippen molar-refractivity contribution in [3.05, 3.63) is 66.2 Å². The van der Waals surface area contributed by atoms with E-state index in [1.165, 1.54) is 12.1 Å². The molecule has 3 rings (SSSR count). The summed E-state index contributed by atoms with van der Waals surface area (Å²) in [6.45, 7) is 0. The molecule has 0 aliphatic heterocycles. The molecule has 0 heterocycles. The molecule has 0 aliphatic rings. The normalized spacial score (nSPS) is 11.0. The van der Waals surface area contributed by atoms with Crippen LogP contribution in [0.15, 0.2) is 70.9 Å². The number of phenols is 1. The van der Waals surface area contributed by atoms with Crippen LogP contribution in [0.2, 0.25) is 0 Å². The van der Waals surface area contributed by atoms with E-state index in [1.807, 2.05) is 42.5 Å². The number of nitrogens with zero attached hydrogens (tertiary/aromatic N) is 2. The van der Waals surface area contributed by atoms with Crippen LogP contribution in [0.25, 0.3) is 10.8 Å². The average molecular weight is 276 g/mol. The third-order valence-corrected chi connectivity index (χ3v) is 3.18. The average Bonchev–Trinajstić information content (AvgIpc) is 2.54. The van der Waals surface area contributed by atoms with E-state index >= 15 is 0 Å². The lowest BCUT2D eigenvalue weighted by molar-refractivity contribution is 0.112. The summed E-state index contributed by atoms with van der Waals surface area (Å²) >= 11 is 0. The SMILES string of the molecule is O=Cc1cc(N=Nc2cccc3ccccc23)ccc1O. The first-order chi connectivity index (χ1) is 10.3. The van der Waals surface area contributed by atoms with Crippen LogP contribution < -0.4 is 0 Å². The molecule has 0 saturated heterocycles. The summed E-state index contributed by atoms with van der Waals surface area (Å²) in [7, 11) is 0. The molecule has 0 radical (unpaired) electrons. The topological polar surface area (TPSA) is 62.0 Å². The first kappa shape index (κ1) is 13.0. The number of azo groups is 1. The molecule has 4 heteroatoms. The maximum atomic E-state index is 10.8. The van der Waals surface area contributed by atoms with Crippen molar-refractivity contribution in [2.75, 3.05) is 0 Å². The second-order valence-corrected chi connectivity index (χ2v) is 4.56. The van der Waals surface area contributed by atoms with Crippen LogP contribution in [0.3, 0.4) is 0 Å². The van der Waals surface area contributed by atoms with Gasteiger partial charge in [0.2, 0.25) is 0 Å².